The maximum absolute atomic E-state index is 13.0. The van der Waals surface area contributed by atoms with Crippen LogP contribution >= 0.6 is 24.0 Å². The lowest BCUT2D eigenvalue weighted by Crippen LogP contribution is -2.27. The summed E-state index contributed by atoms with van der Waals surface area (Å²) in [5, 5.41) is 9.07. The maximum atomic E-state index is 13.0. The van der Waals surface area contributed by atoms with Gasteiger partial charge in [-0.05, 0) is 31.2 Å². The minimum Gasteiger partial charge on any atom is -0.495 e. The molecule has 0 saturated carbocycles. The van der Waals surface area contributed by atoms with Crippen molar-refractivity contribution in [2.45, 2.75) is 13.0 Å². The lowest BCUT2D eigenvalue weighted by atomic mass is 10.1. The van der Waals surface area contributed by atoms with Gasteiger partial charge in [-0.25, -0.2) is 4.79 Å². The second-order valence-electron chi connectivity index (χ2n) is 5.83. The molecule has 1 unspecified atom stereocenters. The van der Waals surface area contributed by atoms with Crippen LogP contribution in [0.3, 0.4) is 0 Å². The first-order valence-corrected chi connectivity index (χ1v) is 9.54. The van der Waals surface area contributed by atoms with E-state index in [9.17, 15) is 9.59 Å². The standard InChI is InChI=1S/C20H17NO5S2/c1-12(19(23)24)26-15-9-5-3-7-13(15)11-17-18(22)21(20(27)28-17)14-8-4-6-10-16(14)25-2/h3-12H,1-2H3,(H,23,24)/b17-11+. The number of amides is 1. The summed E-state index contributed by atoms with van der Waals surface area (Å²) in [7, 11) is 1.53. The number of thiocarbonyl (C=S) groups is 1. The summed E-state index contributed by atoms with van der Waals surface area (Å²) in [6, 6.07) is 14.1. The van der Waals surface area contributed by atoms with Crippen molar-refractivity contribution in [3.63, 3.8) is 0 Å². The molecule has 28 heavy (non-hydrogen) atoms. The van der Waals surface area contributed by atoms with Crippen LogP contribution in [-0.4, -0.2) is 34.5 Å². The Morgan fingerprint density at radius 1 is 1.18 bits per heavy atom. The lowest BCUT2D eigenvalue weighted by molar-refractivity contribution is -0.144. The highest BCUT2D eigenvalue weighted by Crippen LogP contribution is 2.40. The van der Waals surface area contributed by atoms with Crippen molar-refractivity contribution in [1.29, 1.82) is 0 Å². The van der Waals surface area contributed by atoms with Crippen molar-refractivity contribution in [3.05, 3.63) is 59.0 Å². The van der Waals surface area contributed by atoms with E-state index in [0.29, 0.717) is 32.0 Å². The summed E-state index contributed by atoms with van der Waals surface area (Å²) in [6.07, 6.45) is 0.635. The van der Waals surface area contributed by atoms with Crippen molar-refractivity contribution >= 4 is 51.9 Å². The molecule has 3 rings (SSSR count). The van der Waals surface area contributed by atoms with Crippen LogP contribution in [0, 0.1) is 0 Å². The molecule has 1 N–H and O–H groups in total. The third-order valence-electron chi connectivity index (χ3n) is 3.98. The van der Waals surface area contributed by atoms with Crippen molar-refractivity contribution in [1.82, 2.24) is 0 Å². The van der Waals surface area contributed by atoms with Gasteiger partial charge in [0, 0.05) is 5.56 Å². The Bertz CT molecular complexity index is 973. The fraction of sp³-hybridized carbons (Fsp3) is 0.150. The Morgan fingerprint density at radius 2 is 1.82 bits per heavy atom. The van der Waals surface area contributed by atoms with Crippen LogP contribution < -0.4 is 14.4 Å². The number of hydrogen-bond acceptors (Lipinski definition) is 6. The average Bonchev–Trinajstić information content (AvgIpc) is 2.96. The van der Waals surface area contributed by atoms with E-state index >= 15 is 0 Å². The fourth-order valence-electron chi connectivity index (χ4n) is 2.58. The van der Waals surface area contributed by atoms with Gasteiger partial charge >= 0.3 is 5.97 Å². The van der Waals surface area contributed by atoms with Gasteiger partial charge in [-0.15, -0.1) is 0 Å². The molecule has 1 aliphatic heterocycles. The predicted octanol–water partition coefficient (Wildman–Crippen LogP) is 3.95. The molecule has 1 saturated heterocycles. The third kappa shape index (κ3) is 4.02. The Balaban J connectivity index is 1.94. The van der Waals surface area contributed by atoms with E-state index in [0.717, 1.165) is 0 Å². The number of nitrogens with zero attached hydrogens (tertiary/aromatic N) is 1. The van der Waals surface area contributed by atoms with Gasteiger partial charge in [0.1, 0.15) is 11.5 Å². The number of thioether (sulfide) groups is 1. The fourth-order valence-corrected chi connectivity index (χ4v) is 3.85. The molecule has 0 bridgehead atoms. The van der Waals surface area contributed by atoms with E-state index in [1.165, 1.54) is 30.7 Å². The number of methoxy groups -OCH3 is 1. The van der Waals surface area contributed by atoms with E-state index in [4.69, 9.17) is 26.8 Å². The Hall–Kier alpha value is -2.84. The number of carbonyl (C=O) groups is 2. The minimum atomic E-state index is -1.07. The number of anilines is 1. The van der Waals surface area contributed by atoms with Crippen LogP contribution in [0.5, 0.6) is 11.5 Å². The van der Waals surface area contributed by atoms with Crippen LogP contribution in [0.15, 0.2) is 53.4 Å². The molecule has 1 heterocycles. The number of rotatable bonds is 6. The van der Waals surface area contributed by atoms with Gasteiger partial charge in [-0.3, -0.25) is 9.69 Å². The van der Waals surface area contributed by atoms with E-state index < -0.39 is 12.1 Å². The van der Waals surface area contributed by atoms with E-state index in [1.807, 2.05) is 6.07 Å². The number of carboxylic acid groups (broad SMARTS) is 1. The number of aliphatic carboxylic acids is 1. The highest BCUT2D eigenvalue weighted by atomic mass is 32.2. The molecule has 2 aromatic carbocycles. The Labute approximate surface area is 171 Å². The van der Waals surface area contributed by atoms with Crippen LogP contribution in [-0.2, 0) is 9.59 Å². The molecule has 0 spiro atoms. The highest BCUT2D eigenvalue weighted by Gasteiger charge is 2.35. The van der Waals surface area contributed by atoms with E-state index in [2.05, 4.69) is 0 Å². The number of benzene rings is 2. The normalized spacial score (nSPS) is 16.4. The summed E-state index contributed by atoms with van der Waals surface area (Å²) in [5.74, 6) is -0.433. The van der Waals surface area contributed by atoms with E-state index in [1.54, 1.807) is 48.5 Å². The summed E-state index contributed by atoms with van der Waals surface area (Å²) in [6.45, 7) is 1.44. The molecule has 8 heteroatoms. The molecule has 144 valence electrons. The van der Waals surface area contributed by atoms with Gasteiger partial charge in [-0.1, -0.05) is 54.3 Å². The first-order valence-electron chi connectivity index (χ1n) is 8.32. The van der Waals surface area contributed by atoms with Gasteiger partial charge in [0.15, 0.2) is 10.4 Å². The van der Waals surface area contributed by atoms with Gasteiger partial charge in [0.25, 0.3) is 5.91 Å². The van der Waals surface area contributed by atoms with Gasteiger partial charge < -0.3 is 14.6 Å². The summed E-state index contributed by atoms with van der Waals surface area (Å²) in [5.41, 5.74) is 1.16. The summed E-state index contributed by atoms with van der Waals surface area (Å²) < 4.78 is 11.2. The average molecular weight is 415 g/mol. The summed E-state index contributed by atoms with van der Waals surface area (Å²) in [4.78, 5) is 25.9. The first kappa shape index (κ1) is 19.9. The second kappa shape index (κ2) is 8.45. The van der Waals surface area contributed by atoms with Crippen LogP contribution in [0.4, 0.5) is 5.69 Å². The van der Waals surface area contributed by atoms with Crippen LogP contribution in [0.2, 0.25) is 0 Å². The zero-order valence-electron chi connectivity index (χ0n) is 15.1. The quantitative estimate of drug-likeness (QED) is 0.565. The maximum Gasteiger partial charge on any atom is 0.344 e. The monoisotopic (exact) mass is 415 g/mol. The van der Waals surface area contributed by atoms with Crippen molar-refractivity contribution in [3.8, 4) is 11.5 Å². The zero-order chi connectivity index (χ0) is 20.3. The number of carbonyl (C=O) groups excluding carboxylic acids is 1. The number of para-hydroxylation sites is 3. The summed E-state index contributed by atoms with van der Waals surface area (Å²) >= 11 is 6.57. The van der Waals surface area contributed by atoms with E-state index in [-0.39, 0.29) is 5.91 Å². The van der Waals surface area contributed by atoms with Crippen molar-refractivity contribution in [2.24, 2.45) is 0 Å². The van der Waals surface area contributed by atoms with Gasteiger partial charge in [0.05, 0.1) is 17.7 Å². The smallest absolute Gasteiger partial charge is 0.344 e. The molecule has 6 nitrogen and oxygen atoms in total. The molecule has 0 aliphatic carbocycles. The molecule has 1 amide bonds. The van der Waals surface area contributed by atoms with Crippen molar-refractivity contribution < 1.29 is 24.2 Å². The number of hydrogen-bond donors (Lipinski definition) is 1. The van der Waals surface area contributed by atoms with Crippen LogP contribution in [0.25, 0.3) is 6.08 Å². The highest BCUT2D eigenvalue weighted by molar-refractivity contribution is 8.27. The molecule has 0 aromatic heterocycles. The SMILES string of the molecule is COc1ccccc1N1C(=O)/C(=C\c2ccccc2OC(C)C(=O)O)SC1=S. The molecule has 2 aromatic rings. The number of ether oxygens (including phenoxy) is 2. The number of carboxylic acids is 1. The van der Waals surface area contributed by atoms with Crippen LogP contribution in [0.1, 0.15) is 12.5 Å². The minimum absolute atomic E-state index is 0.277. The Kier molecular flexibility index (Phi) is 6.01. The van der Waals surface area contributed by atoms with Crippen molar-refractivity contribution in [2.75, 3.05) is 12.0 Å². The predicted molar refractivity (Wildman–Crippen MR) is 113 cm³/mol. The molecular weight excluding hydrogens is 398 g/mol. The zero-order valence-corrected chi connectivity index (χ0v) is 16.8. The molecule has 1 aliphatic rings. The molecule has 1 fully saturated rings. The topological polar surface area (TPSA) is 76.1 Å². The molecule has 0 radical (unpaired) electrons. The first-order chi connectivity index (χ1) is 13.4. The second-order valence-corrected chi connectivity index (χ2v) is 7.50. The lowest BCUT2D eigenvalue weighted by Gasteiger charge is -2.17. The largest absolute Gasteiger partial charge is 0.495 e. The third-order valence-corrected chi connectivity index (χ3v) is 5.28. The van der Waals surface area contributed by atoms with Gasteiger partial charge in [0.2, 0.25) is 0 Å². The molecule has 1 atom stereocenters. The Morgan fingerprint density at radius 3 is 2.50 bits per heavy atom. The molecular formula is C20H17NO5S2. The van der Waals surface area contributed by atoms with Gasteiger partial charge in [-0.2, -0.15) is 0 Å².